The predicted molar refractivity (Wildman–Crippen MR) is 77.1 cm³/mol. The van der Waals surface area contributed by atoms with Crippen LogP contribution < -0.4 is 0 Å². The van der Waals surface area contributed by atoms with Crippen molar-refractivity contribution in [1.29, 1.82) is 0 Å². The fourth-order valence-electron chi connectivity index (χ4n) is 3.45. The number of hydrogen-bond donors (Lipinski definition) is 1. The van der Waals surface area contributed by atoms with Crippen LogP contribution in [0.25, 0.3) is 6.08 Å². The largest absolute Gasteiger partial charge is 0.478 e. The number of carbonyl (C=O) groups is 1. The first-order chi connectivity index (χ1) is 9.22. The van der Waals surface area contributed by atoms with Crippen molar-refractivity contribution >= 4 is 23.4 Å². The van der Waals surface area contributed by atoms with Gasteiger partial charge in [0, 0.05) is 30.6 Å². The molecular formula is C15H19NO2S. The summed E-state index contributed by atoms with van der Waals surface area (Å²) in [6, 6.07) is 2.01. The average molecular weight is 277 g/mol. The monoisotopic (exact) mass is 277 g/mol. The van der Waals surface area contributed by atoms with Gasteiger partial charge in [0.25, 0.3) is 0 Å². The molecule has 0 spiro atoms. The third-order valence-corrected chi connectivity index (χ3v) is 5.28. The lowest BCUT2D eigenvalue weighted by Gasteiger charge is -2.16. The number of carboxylic acids is 1. The summed E-state index contributed by atoms with van der Waals surface area (Å²) in [6.45, 7) is 3.43. The van der Waals surface area contributed by atoms with E-state index in [4.69, 9.17) is 5.11 Å². The minimum Gasteiger partial charge on any atom is -0.478 e. The van der Waals surface area contributed by atoms with E-state index in [1.54, 1.807) is 17.4 Å². The van der Waals surface area contributed by atoms with Gasteiger partial charge in [0.1, 0.15) is 0 Å². The van der Waals surface area contributed by atoms with E-state index >= 15 is 0 Å². The van der Waals surface area contributed by atoms with Crippen LogP contribution in [0.15, 0.2) is 17.5 Å². The van der Waals surface area contributed by atoms with Gasteiger partial charge in [0.2, 0.25) is 0 Å². The second-order valence-electron chi connectivity index (χ2n) is 5.62. The normalized spacial score (nSPS) is 27.2. The van der Waals surface area contributed by atoms with E-state index < -0.39 is 5.97 Å². The fourth-order valence-corrected chi connectivity index (χ4v) is 4.36. The molecule has 0 aromatic carbocycles. The van der Waals surface area contributed by atoms with E-state index in [1.165, 1.54) is 43.3 Å². The van der Waals surface area contributed by atoms with Crippen molar-refractivity contribution in [2.45, 2.75) is 25.8 Å². The summed E-state index contributed by atoms with van der Waals surface area (Å²) in [5.41, 5.74) is 1.06. The Morgan fingerprint density at radius 1 is 1.42 bits per heavy atom. The minimum atomic E-state index is -0.882. The summed E-state index contributed by atoms with van der Waals surface area (Å²) in [7, 11) is 0. The number of fused-ring (bicyclic) bond motifs is 1. The number of likely N-dealkylation sites (tertiary alicyclic amines) is 1. The van der Waals surface area contributed by atoms with Gasteiger partial charge in [0.05, 0.1) is 0 Å². The summed E-state index contributed by atoms with van der Waals surface area (Å²) in [5, 5.41) is 10.8. The van der Waals surface area contributed by atoms with Gasteiger partial charge >= 0.3 is 5.97 Å². The summed E-state index contributed by atoms with van der Waals surface area (Å²) >= 11 is 1.73. The molecule has 3 nitrogen and oxygen atoms in total. The maximum absolute atomic E-state index is 10.6. The highest BCUT2D eigenvalue weighted by atomic mass is 32.1. The standard InChI is InChI=1S/C15H19NO2S/c17-15(18)5-4-11-6-7-19-14(11)10-16-8-12-2-1-3-13(12)9-16/h4-7,12-13H,1-3,8-10H2,(H,17,18)/b5-4+. The predicted octanol–water partition coefficient (Wildman–Crippen LogP) is 3.08. The molecule has 0 bridgehead atoms. The Kier molecular flexibility index (Phi) is 3.71. The van der Waals surface area contributed by atoms with Crippen molar-refractivity contribution in [3.63, 3.8) is 0 Å². The zero-order chi connectivity index (χ0) is 13.2. The van der Waals surface area contributed by atoms with Gasteiger partial charge in [-0.05, 0) is 47.8 Å². The number of hydrogen-bond acceptors (Lipinski definition) is 3. The molecule has 2 aliphatic rings. The maximum Gasteiger partial charge on any atom is 0.328 e. The Labute approximate surface area is 117 Å². The molecule has 1 aliphatic carbocycles. The molecule has 1 aromatic rings. The van der Waals surface area contributed by atoms with E-state index in [0.29, 0.717) is 0 Å². The van der Waals surface area contributed by atoms with Crippen LogP contribution >= 0.6 is 11.3 Å². The Balaban J connectivity index is 1.64. The molecule has 1 N–H and O–H groups in total. The number of carboxylic acid groups (broad SMARTS) is 1. The van der Waals surface area contributed by atoms with Gasteiger partial charge in [-0.15, -0.1) is 11.3 Å². The molecule has 2 fully saturated rings. The Hall–Kier alpha value is -1.13. The van der Waals surface area contributed by atoms with Gasteiger partial charge in [-0.2, -0.15) is 0 Å². The van der Waals surface area contributed by atoms with Crippen molar-refractivity contribution in [3.8, 4) is 0 Å². The van der Waals surface area contributed by atoms with E-state index in [9.17, 15) is 4.79 Å². The molecule has 1 aliphatic heterocycles. The summed E-state index contributed by atoms with van der Waals surface area (Å²) in [6.07, 6.45) is 7.15. The number of nitrogens with zero attached hydrogens (tertiary/aromatic N) is 1. The van der Waals surface area contributed by atoms with Crippen molar-refractivity contribution in [3.05, 3.63) is 28.0 Å². The lowest BCUT2D eigenvalue weighted by atomic mass is 10.0. The molecule has 2 unspecified atom stereocenters. The van der Waals surface area contributed by atoms with Gasteiger partial charge in [-0.1, -0.05) is 6.42 Å². The zero-order valence-electron chi connectivity index (χ0n) is 10.9. The fraction of sp³-hybridized carbons (Fsp3) is 0.533. The van der Waals surface area contributed by atoms with Crippen molar-refractivity contribution < 1.29 is 9.90 Å². The molecule has 19 heavy (non-hydrogen) atoms. The highest BCUT2D eigenvalue weighted by Gasteiger charge is 2.35. The first-order valence-corrected chi connectivity index (χ1v) is 7.80. The van der Waals surface area contributed by atoms with Gasteiger partial charge in [-0.3, -0.25) is 4.90 Å². The third kappa shape index (κ3) is 2.90. The topological polar surface area (TPSA) is 40.5 Å². The molecule has 1 saturated heterocycles. The Morgan fingerprint density at radius 2 is 2.16 bits per heavy atom. The summed E-state index contributed by atoms with van der Waals surface area (Å²) < 4.78 is 0. The summed E-state index contributed by atoms with van der Waals surface area (Å²) in [5.74, 6) is 0.948. The molecule has 0 radical (unpaired) electrons. The van der Waals surface area contributed by atoms with Crippen LogP contribution in [0.1, 0.15) is 29.7 Å². The molecule has 0 amide bonds. The van der Waals surface area contributed by atoms with Gasteiger partial charge < -0.3 is 5.11 Å². The highest BCUT2D eigenvalue weighted by molar-refractivity contribution is 7.10. The lowest BCUT2D eigenvalue weighted by Crippen LogP contribution is -2.20. The van der Waals surface area contributed by atoms with Crippen LogP contribution in [-0.2, 0) is 11.3 Å². The SMILES string of the molecule is O=C(O)/C=C/c1ccsc1CN1CC2CCCC2C1. The van der Waals surface area contributed by atoms with Gasteiger partial charge in [0.15, 0.2) is 0 Å². The smallest absolute Gasteiger partial charge is 0.328 e. The van der Waals surface area contributed by atoms with Crippen LogP contribution in [0.5, 0.6) is 0 Å². The van der Waals surface area contributed by atoms with Crippen LogP contribution in [0.2, 0.25) is 0 Å². The zero-order valence-corrected chi connectivity index (χ0v) is 11.7. The van der Waals surface area contributed by atoms with Crippen molar-refractivity contribution in [2.24, 2.45) is 11.8 Å². The first-order valence-electron chi connectivity index (χ1n) is 6.92. The molecule has 4 heteroatoms. The quantitative estimate of drug-likeness (QED) is 0.860. The second-order valence-corrected chi connectivity index (χ2v) is 6.62. The molecular weight excluding hydrogens is 258 g/mol. The maximum atomic E-state index is 10.6. The molecule has 1 saturated carbocycles. The van der Waals surface area contributed by atoms with E-state index in [-0.39, 0.29) is 0 Å². The van der Waals surface area contributed by atoms with Crippen LogP contribution in [-0.4, -0.2) is 29.1 Å². The second kappa shape index (κ2) is 5.47. The molecule has 2 atom stereocenters. The number of aliphatic carboxylic acids is 1. The van der Waals surface area contributed by atoms with E-state index in [0.717, 1.165) is 23.9 Å². The third-order valence-electron chi connectivity index (χ3n) is 4.35. The van der Waals surface area contributed by atoms with Crippen LogP contribution in [0.3, 0.4) is 0 Å². The Bertz CT molecular complexity index is 482. The minimum absolute atomic E-state index is 0.882. The number of thiophene rings is 1. The van der Waals surface area contributed by atoms with E-state index in [1.807, 2.05) is 11.4 Å². The van der Waals surface area contributed by atoms with E-state index in [2.05, 4.69) is 4.90 Å². The lowest BCUT2D eigenvalue weighted by molar-refractivity contribution is -0.131. The van der Waals surface area contributed by atoms with Crippen LogP contribution in [0.4, 0.5) is 0 Å². The molecule has 102 valence electrons. The summed E-state index contributed by atoms with van der Waals surface area (Å²) in [4.78, 5) is 14.4. The molecule has 2 heterocycles. The van der Waals surface area contributed by atoms with Gasteiger partial charge in [-0.25, -0.2) is 4.79 Å². The molecule has 3 rings (SSSR count). The van der Waals surface area contributed by atoms with Crippen LogP contribution in [0, 0.1) is 11.8 Å². The number of rotatable bonds is 4. The Morgan fingerprint density at radius 3 is 2.84 bits per heavy atom. The highest BCUT2D eigenvalue weighted by Crippen LogP contribution is 2.38. The average Bonchev–Trinajstić information content (AvgIpc) is 3.02. The van der Waals surface area contributed by atoms with Crippen molar-refractivity contribution in [1.82, 2.24) is 4.90 Å². The van der Waals surface area contributed by atoms with Crippen molar-refractivity contribution in [2.75, 3.05) is 13.1 Å². The first kappa shape index (κ1) is 12.9. The molecule has 1 aromatic heterocycles.